The van der Waals surface area contributed by atoms with Crippen LogP contribution in [0.2, 0.25) is 0 Å². The highest BCUT2D eigenvalue weighted by Crippen LogP contribution is 2.25. The molecule has 0 bridgehead atoms. The van der Waals surface area contributed by atoms with E-state index in [2.05, 4.69) is 30.1 Å². The number of anilines is 2. The fourth-order valence-corrected chi connectivity index (χ4v) is 3.37. The Morgan fingerprint density at radius 3 is 2.48 bits per heavy atom. The average molecular weight is 376 g/mol. The second kappa shape index (κ2) is 8.63. The maximum Gasteiger partial charge on any atom is 0.410 e. The minimum atomic E-state index is -0.572. The van der Waals surface area contributed by atoms with Gasteiger partial charge in [-0.25, -0.2) is 4.79 Å². The van der Waals surface area contributed by atoms with E-state index in [0.29, 0.717) is 13.0 Å². The normalized spacial score (nSPS) is 17.0. The van der Waals surface area contributed by atoms with E-state index < -0.39 is 17.7 Å². The average Bonchev–Trinajstić information content (AvgIpc) is 3.06. The summed E-state index contributed by atoms with van der Waals surface area (Å²) in [6.07, 6.45) is 1.03. The van der Waals surface area contributed by atoms with E-state index in [9.17, 15) is 9.59 Å². The van der Waals surface area contributed by atoms with E-state index in [1.54, 1.807) is 4.90 Å². The first kappa shape index (κ1) is 21.1. The lowest BCUT2D eigenvalue weighted by atomic mass is 10.1. The van der Waals surface area contributed by atoms with Crippen molar-refractivity contribution in [1.29, 1.82) is 0 Å². The zero-order valence-electron chi connectivity index (χ0n) is 17.5. The molecule has 1 aliphatic rings. The summed E-state index contributed by atoms with van der Waals surface area (Å²) in [6, 6.07) is 5.56. The van der Waals surface area contributed by atoms with Gasteiger partial charge in [0, 0.05) is 31.0 Å². The van der Waals surface area contributed by atoms with Gasteiger partial charge in [0.15, 0.2) is 0 Å². The second-order valence-electron chi connectivity index (χ2n) is 7.99. The molecule has 150 valence electrons. The van der Waals surface area contributed by atoms with Gasteiger partial charge < -0.3 is 15.0 Å². The van der Waals surface area contributed by atoms with Crippen molar-refractivity contribution in [3.05, 3.63) is 23.8 Å². The number of benzene rings is 1. The molecule has 2 amide bonds. The van der Waals surface area contributed by atoms with Crippen molar-refractivity contribution in [2.24, 2.45) is 0 Å². The quantitative estimate of drug-likeness (QED) is 0.839. The first-order valence-corrected chi connectivity index (χ1v) is 9.82. The Labute approximate surface area is 162 Å². The monoisotopic (exact) mass is 375 g/mol. The Kier molecular flexibility index (Phi) is 6.73. The third kappa shape index (κ3) is 5.37. The summed E-state index contributed by atoms with van der Waals surface area (Å²) in [5.74, 6) is -0.156. The van der Waals surface area contributed by atoms with Gasteiger partial charge in [0.1, 0.15) is 11.6 Å². The van der Waals surface area contributed by atoms with Gasteiger partial charge in [-0.05, 0) is 78.1 Å². The molecule has 0 aromatic heterocycles. The first-order valence-electron chi connectivity index (χ1n) is 9.82. The van der Waals surface area contributed by atoms with E-state index in [0.717, 1.165) is 36.4 Å². The highest BCUT2D eigenvalue weighted by molar-refractivity contribution is 5.97. The van der Waals surface area contributed by atoms with Crippen molar-refractivity contribution in [2.45, 2.75) is 66.0 Å². The molecule has 1 unspecified atom stereocenters. The number of hydrogen-bond donors (Lipinski definition) is 1. The maximum atomic E-state index is 12.8. The van der Waals surface area contributed by atoms with Gasteiger partial charge in [-0.2, -0.15) is 0 Å². The van der Waals surface area contributed by atoms with Crippen molar-refractivity contribution < 1.29 is 14.3 Å². The maximum absolute atomic E-state index is 12.8. The van der Waals surface area contributed by atoms with Crippen LogP contribution in [0, 0.1) is 6.92 Å². The molecule has 1 heterocycles. The molecule has 1 aromatic rings. The molecule has 1 aliphatic heterocycles. The SMILES string of the molecule is CCN(CC)c1ccc(NC(=O)C2CCCN2C(=O)OC(C)(C)C)c(C)c1. The van der Waals surface area contributed by atoms with Crippen LogP contribution in [0.25, 0.3) is 0 Å². The fourth-order valence-electron chi connectivity index (χ4n) is 3.37. The van der Waals surface area contributed by atoms with Crippen LogP contribution >= 0.6 is 0 Å². The summed E-state index contributed by atoms with van der Waals surface area (Å²) >= 11 is 0. The van der Waals surface area contributed by atoms with Gasteiger partial charge in [0.05, 0.1) is 0 Å². The van der Waals surface area contributed by atoms with E-state index in [1.165, 1.54) is 0 Å². The Morgan fingerprint density at radius 1 is 1.26 bits per heavy atom. The first-order chi connectivity index (χ1) is 12.7. The largest absolute Gasteiger partial charge is 0.444 e. The third-order valence-corrected chi connectivity index (χ3v) is 4.78. The summed E-state index contributed by atoms with van der Waals surface area (Å²) in [5, 5.41) is 3.00. The van der Waals surface area contributed by atoms with Crippen molar-refractivity contribution in [3.63, 3.8) is 0 Å². The molecule has 6 heteroatoms. The molecule has 0 saturated carbocycles. The number of rotatable bonds is 5. The molecule has 27 heavy (non-hydrogen) atoms. The Morgan fingerprint density at radius 2 is 1.93 bits per heavy atom. The van der Waals surface area contributed by atoms with E-state index in [-0.39, 0.29) is 5.91 Å². The van der Waals surface area contributed by atoms with Crippen LogP contribution in [0.5, 0.6) is 0 Å². The van der Waals surface area contributed by atoms with Gasteiger partial charge in [0.2, 0.25) is 5.91 Å². The van der Waals surface area contributed by atoms with Crippen LogP contribution in [0.15, 0.2) is 18.2 Å². The summed E-state index contributed by atoms with van der Waals surface area (Å²) < 4.78 is 5.44. The predicted octanol–water partition coefficient (Wildman–Crippen LogP) is 4.18. The third-order valence-electron chi connectivity index (χ3n) is 4.78. The number of nitrogens with one attached hydrogen (secondary N) is 1. The molecule has 1 N–H and O–H groups in total. The van der Waals surface area contributed by atoms with Crippen LogP contribution in [0.3, 0.4) is 0 Å². The van der Waals surface area contributed by atoms with Gasteiger partial charge >= 0.3 is 6.09 Å². The van der Waals surface area contributed by atoms with Crippen molar-refractivity contribution in [1.82, 2.24) is 4.90 Å². The Balaban J connectivity index is 2.08. The second-order valence-corrected chi connectivity index (χ2v) is 7.99. The number of ether oxygens (including phenoxy) is 1. The molecular formula is C21H33N3O3. The van der Waals surface area contributed by atoms with E-state index in [1.807, 2.05) is 39.8 Å². The number of carbonyl (C=O) groups excluding carboxylic acids is 2. The van der Waals surface area contributed by atoms with Gasteiger partial charge in [-0.1, -0.05) is 0 Å². The highest BCUT2D eigenvalue weighted by atomic mass is 16.6. The fraction of sp³-hybridized carbons (Fsp3) is 0.619. The lowest BCUT2D eigenvalue weighted by molar-refractivity contribution is -0.120. The molecule has 1 atom stereocenters. The van der Waals surface area contributed by atoms with Gasteiger partial charge in [0.25, 0.3) is 0 Å². The zero-order valence-corrected chi connectivity index (χ0v) is 17.5. The lowest BCUT2D eigenvalue weighted by Gasteiger charge is -2.28. The van der Waals surface area contributed by atoms with Crippen LogP contribution in [0.1, 0.15) is 53.0 Å². The molecule has 1 saturated heterocycles. The number of hydrogen-bond acceptors (Lipinski definition) is 4. The Bertz CT molecular complexity index is 678. The van der Waals surface area contributed by atoms with Gasteiger partial charge in [-0.15, -0.1) is 0 Å². The van der Waals surface area contributed by atoms with E-state index >= 15 is 0 Å². The minimum absolute atomic E-state index is 0.156. The molecule has 1 fully saturated rings. The van der Waals surface area contributed by atoms with Gasteiger partial charge in [-0.3, -0.25) is 9.69 Å². The Hall–Kier alpha value is -2.24. The van der Waals surface area contributed by atoms with Crippen molar-refractivity contribution >= 4 is 23.4 Å². The van der Waals surface area contributed by atoms with Crippen LogP contribution in [0.4, 0.5) is 16.2 Å². The number of likely N-dealkylation sites (tertiary alicyclic amines) is 1. The molecule has 0 radical (unpaired) electrons. The molecule has 0 spiro atoms. The molecule has 1 aromatic carbocycles. The topological polar surface area (TPSA) is 61.9 Å². The number of carbonyl (C=O) groups is 2. The summed E-state index contributed by atoms with van der Waals surface area (Å²) in [6.45, 7) is 14.2. The van der Waals surface area contributed by atoms with Crippen LogP contribution in [-0.4, -0.2) is 48.2 Å². The van der Waals surface area contributed by atoms with Crippen molar-refractivity contribution in [3.8, 4) is 0 Å². The number of nitrogens with zero attached hydrogens (tertiary/aromatic N) is 2. The van der Waals surface area contributed by atoms with E-state index in [4.69, 9.17) is 4.74 Å². The minimum Gasteiger partial charge on any atom is -0.444 e. The molecule has 6 nitrogen and oxygen atoms in total. The standard InChI is InChI=1S/C21H33N3O3/c1-7-23(8-2)16-11-12-17(15(3)14-16)22-19(25)18-10-9-13-24(18)20(26)27-21(4,5)6/h11-12,14,18H,7-10,13H2,1-6H3,(H,22,25). The zero-order chi connectivity index (χ0) is 20.2. The number of amides is 2. The van der Waals surface area contributed by atoms with Crippen LogP contribution < -0.4 is 10.2 Å². The highest BCUT2D eigenvalue weighted by Gasteiger charge is 2.36. The molecule has 2 rings (SSSR count). The number of aryl methyl sites for hydroxylation is 1. The van der Waals surface area contributed by atoms with Crippen LogP contribution in [-0.2, 0) is 9.53 Å². The summed E-state index contributed by atoms with van der Waals surface area (Å²) in [5.41, 5.74) is 2.37. The summed E-state index contributed by atoms with van der Waals surface area (Å²) in [4.78, 5) is 29.0. The predicted molar refractivity (Wildman–Crippen MR) is 109 cm³/mol. The smallest absolute Gasteiger partial charge is 0.410 e. The molecular weight excluding hydrogens is 342 g/mol. The molecule has 0 aliphatic carbocycles. The lowest BCUT2D eigenvalue weighted by Crippen LogP contribution is -2.45. The van der Waals surface area contributed by atoms with Crippen molar-refractivity contribution in [2.75, 3.05) is 29.9 Å². The summed E-state index contributed by atoms with van der Waals surface area (Å²) in [7, 11) is 0.